The summed E-state index contributed by atoms with van der Waals surface area (Å²) >= 11 is 0. The smallest absolute Gasteiger partial charge is 0.220 e. The molecule has 0 saturated carbocycles. The van der Waals surface area contributed by atoms with E-state index in [1.54, 1.807) is 13.2 Å². The Hall–Kier alpha value is -2.82. The summed E-state index contributed by atoms with van der Waals surface area (Å²) in [6.45, 7) is 3.86. The molecule has 3 rings (SSSR count). The zero-order chi connectivity index (χ0) is 18.7. The van der Waals surface area contributed by atoms with Crippen LogP contribution >= 0.6 is 0 Å². The number of hydrogen-bond donors (Lipinski definition) is 2. The van der Waals surface area contributed by atoms with Crippen molar-refractivity contribution < 1.29 is 13.9 Å². The molecule has 0 saturated heterocycles. The molecule has 3 aromatic rings. The number of rotatable bonds is 6. The van der Waals surface area contributed by atoms with Gasteiger partial charge in [0.25, 0.3) is 0 Å². The quantitative estimate of drug-likeness (QED) is 0.688. The van der Waals surface area contributed by atoms with E-state index in [0.717, 1.165) is 33.5 Å². The summed E-state index contributed by atoms with van der Waals surface area (Å²) in [7, 11) is 1.62. The Morgan fingerprint density at radius 1 is 1.19 bits per heavy atom. The van der Waals surface area contributed by atoms with Crippen molar-refractivity contribution in [3.05, 3.63) is 53.8 Å². The molecule has 1 amide bonds. The average Bonchev–Trinajstić information content (AvgIpc) is 2.97. The van der Waals surface area contributed by atoms with E-state index < -0.39 is 0 Å². The number of aromatic nitrogens is 1. The topological polar surface area (TPSA) is 54.1 Å². The summed E-state index contributed by atoms with van der Waals surface area (Å²) in [6, 6.07) is 12.5. The summed E-state index contributed by atoms with van der Waals surface area (Å²) in [5.41, 5.74) is 3.69. The number of nitrogens with one attached hydrogen (secondary N) is 2. The molecule has 0 atom stereocenters. The van der Waals surface area contributed by atoms with E-state index >= 15 is 0 Å². The molecule has 0 radical (unpaired) electrons. The Bertz CT molecular complexity index is 914. The van der Waals surface area contributed by atoms with E-state index in [4.69, 9.17) is 4.74 Å². The van der Waals surface area contributed by atoms with Gasteiger partial charge in [0.1, 0.15) is 11.6 Å². The molecule has 2 aromatic carbocycles. The van der Waals surface area contributed by atoms with Crippen LogP contribution in [-0.4, -0.2) is 24.0 Å². The van der Waals surface area contributed by atoms with E-state index in [-0.39, 0.29) is 17.8 Å². The number of aromatic amines is 1. The fourth-order valence-electron chi connectivity index (χ4n) is 3.12. The third-order valence-electron chi connectivity index (χ3n) is 4.30. The van der Waals surface area contributed by atoms with Crippen molar-refractivity contribution in [1.82, 2.24) is 10.3 Å². The van der Waals surface area contributed by atoms with E-state index in [9.17, 15) is 9.18 Å². The monoisotopic (exact) mass is 354 g/mol. The minimum Gasteiger partial charge on any atom is -0.497 e. The molecule has 0 unspecified atom stereocenters. The van der Waals surface area contributed by atoms with Crippen LogP contribution in [0.2, 0.25) is 0 Å². The van der Waals surface area contributed by atoms with Crippen LogP contribution in [0.25, 0.3) is 22.2 Å². The third kappa shape index (κ3) is 3.87. The number of amides is 1. The lowest BCUT2D eigenvalue weighted by molar-refractivity contribution is -0.121. The first-order valence-electron chi connectivity index (χ1n) is 8.72. The van der Waals surface area contributed by atoms with Crippen LogP contribution in [0.4, 0.5) is 4.39 Å². The van der Waals surface area contributed by atoms with Crippen LogP contribution in [0, 0.1) is 5.82 Å². The maximum absolute atomic E-state index is 13.8. The number of benzene rings is 2. The number of halogens is 1. The number of fused-ring (bicyclic) bond motifs is 1. The predicted octanol–water partition coefficient (Wildman–Crippen LogP) is 4.44. The number of aryl methyl sites for hydroxylation is 1. The zero-order valence-electron chi connectivity index (χ0n) is 15.2. The summed E-state index contributed by atoms with van der Waals surface area (Å²) in [5.74, 6) is 0.478. The molecule has 26 heavy (non-hydrogen) atoms. The van der Waals surface area contributed by atoms with Crippen molar-refractivity contribution in [2.24, 2.45) is 0 Å². The van der Waals surface area contributed by atoms with Crippen molar-refractivity contribution >= 4 is 16.8 Å². The van der Waals surface area contributed by atoms with Crippen LogP contribution in [0.15, 0.2) is 42.5 Å². The Morgan fingerprint density at radius 2 is 1.92 bits per heavy atom. The highest BCUT2D eigenvalue weighted by Crippen LogP contribution is 2.32. The number of carbonyl (C=O) groups is 1. The Morgan fingerprint density at radius 3 is 2.58 bits per heavy atom. The van der Waals surface area contributed by atoms with Crippen LogP contribution in [-0.2, 0) is 11.2 Å². The SMILES string of the molecule is COc1ccc(-c2[nH]c3ccc(F)cc3c2CCC(=O)NC(C)C)cc1. The highest BCUT2D eigenvalue weighted by atomic mass is 19.1. The fourth-order valence-corrected chi connectivity index (χ4v) is 3.12. The molecular weight excluding hydrogens is 331 g/mol. The van der Waals surface area contributed by atoms with Gasteiger partial charge in [-0.1, -0.05) is 0 Å². The van der Waals surface area contributed by atoms with E-state index in [1.807, 2.05) is 38.1 Å². The lowest BCUT2D eigenvalue weighted by atomic mass is 10.0. The lowest BCUT2D eigenvalue weighted by Gasteiger charge is -2.09. The van der Waals surface area contributed by atoms with Crippen molar-refractivity contribution in [1.29, 1.82) is 0 Å². The van der Waals surface area contributed by atoms with Crippen LogP contribution < -0.4 is 10.1 Å². The third-order valence-corrected chi connectivity index (χ3v) is 4.30. The molecule has 0 fully saturated rings. The molecular formula is C21H23FN2O2. The second-order valence-corrected chi connectivity index (χ2v) is 6.62. The second-order valence-electron chi connectivity index (χ2n) is 6.62. The van der Waals surface area contributed by atoms with Gasteiger partial charge in [0.05, 0.1) is 7.11 Å². The molecule has 0 aliphatic rings. The standard InChI is InChI=1S/C21H23FN2O2/c1-13(2)23-20(25)11-9-17-18-12-15(22)6-10-19(18)24-21(17)14-4-7-16(26-3)8-5-14/h4-8,10,12-13,24H,9,11H2,1-3H3,(H,23,25). The molecule has 5 heteroatoms. The number of hydrogen-bond acceptors (Lipinski definition) is 2. The average molecular weight is 354 g/mol. The first kappa shape index (κ1) is 18.0. The maximum atomic E-state index is 13.8. The largest absolute Gasteiger partial charge is 0.497 e. The van der Waals surface area contributed by atoms with Gasteiger partial charge in [-0.2, -0.15) is 0 Å². The molecule has 0 spiro atoms. The van der Waals surface area contributed by atoms with Gasteiger partial charge in [0.2, 0.25) is 5.91 Å². The Labute approximate surface area is 152 Å². The van der Waals surface area contributed by atoms with Crippen molar-refractivity contribution in [2.45, 2.75) is 32.7 Å². The molecule has 2 N–H and O–H groups in total. The van der Waals surface area contributed by atoms with Gasteiger partial charge < -0.3 is 15.0 Å². The predicted molar refractivity (Wildman–Crippen MR) is 102 cm³/mol. The van der Waals surface area contributed by atoms with Crippen molar-refractivity contribution in [2.75, 3.05) is 7.11 Å². The van der Waals surface area contributed by atoms with E-state index in [0.29, 0.717) is 12.8 Å². The summed E-state index contributed by atoms with van der Waals surface area (Å²) < 4.78 is 19.0. The second kappa shape index (κ2) is 7.60. The minimum absolute atomic E-state index is 0.00793. The van der Waals surface area contributed by atoms with Crippen molar-refractivity contribution in [3.8, 4) is 17.0 Å². The number of methoxy groups -OCH3 is 1. The number of H-pyrrole nitrogens is 1. The fraction of sp³-hybridized carbons (Fsp3) is 0.286. The molecule has 136 valence electrons. The Kier molecular flexibility index (Phi) is 5.26. The Balaban J connectivity index is 1.99. The van der Waals surface area contributed by atoms with Gasteiger partial charge in [-0.3, -0.25) is 4.79 Å². The summed E-state index contributed by atoms with van der Waals surface area (Å²) in [4.78, 5) is 15.4. The maximum Gasteiger partial charge on any atom is 0.220 e. The summed E-state index contributed by atoms with van der Waals surface area (Å²) in [5, 5.41) is 3.71. The van der Waals surface area contributed by atoms with Gasteiger partial charge >= 0.3 is 0 Å². The molecule has 0 bridgehead atoms. The molecule has 0 aliphatic heterocycles. The number of ether oxygens (including phenoxy) is 1. The van der Waals surface area contributed by atoms with Gasteiger partial charge in [-0.05, 0) is 73.9 Å². The van der Waals surface area contributed by atoms with Crippen LogP contribution in [0.3, 0.4) is 0 Å². The zero-order valence-corrected chi connectivity index (χ0v) is 15.2. The molecule has 1 aromatic heterocycles. The van der Waals surface area contributed by atoms with Crippen LogP contribution in [0.5, 0.6) is 5.75 Å². The van der Waals surface area contributed by atoms with Crippen molar-refractivity contribution in [3.63, 3.8) is 0 Å². The molecule has 1 heterocycles. The lowest BCUT2D eigenvalue weighted by Crippen LogP contribution is -2.30. The highest BCUT2D eigenvalue weighted by Gasteiger charge is 2.15. The van der Waals surface area contributed by atoms with E-state index in [2.05, 4.69) is 10.3 Å². The number of carbonyl (C=O) groups excluding carboxylic acids is 1. The normalized spacial score (nSPS) is 11.1. The first-order chi connectivity index (χ1) is 12.5. The highest BCUT2D eigenvalue weighted by molar-refractivity contribution is 5.91. The van der Waals surface area contributed by atoms with Crippen LogP contribution in [0.1, 0.15) is 25.8 Å². The van der Waals surface area contributed by atoms with Gasteiger partial charge in [0.15, 0.2) is 0 Å². The minimum atomic E-state index is -0.286. The summed E-state index contributed by atoms with van der Waals surface area (Å²) in [6.07, 6.45) is 0.883. The van der Waals surface area contributed by atoms with Gasteiger partial charge in [-0.15, -0.1) is 0 Å². The van der Waals surface area contributed by atoms with E-state index in [1.165, 1.54) is 12.1 Å². The van der Waals surface area contributed by atoms with Gasteiger partial charge in [-0.25, -0.2) is 4.39 Å². The van der Waals surface area contributed by atoms with Gasteiger partial charge in [0, 0.05) is 29.1 Å². The first-order valence-corrected chi connectivity index (χ1v) is 8.72. The molecule has 0 aliphatic carbocycles. The molecule has 4 nitrogen and oxygen atoms in total.